The second kappa shape index (κ2) is 16.0. The normalized spacial score (nSPS) is 9.47. The lowest BCUT2D eigenvalue weighted by Crippen LogP contribution is -2.32. The summed E-state index contributed by atoms with van der Waals surface area (Å²) >= 11 is 0. The lowest BCUT2D eigenvalue weighted by atomic mass is 9.88. The molecule has 0 bridgehead atoms. The number of aliphatic hydroxyl groups excluding tert-OH is 5. The first-order valence-electron chi connectivity index (χ1n) is 4.70. The van der Waals surface area contributed by atoms with Crippen LogP contribution in [0.1, 0.15) is 13.3 Å². The Labute approximate surface area is 91.3 Å². The average Bonchev–Trinajstić information content (AvgIpc) is 2.35. The molecule has 0 aliphatic heterocycles. The summed E-state index contributed by atoms with van der Waals surface area (Å²) in [5.41, 5.74) is -0.667. The Morgan fingerprint density at radius 2 is 1.07 bits per heavy atom. The molecule has 0 unspecified atom stereocenters. The van der Waals surface area contributed by atoms with E-state index >= 15 is 0 Å². The molecule has 0 heterocycles. The van der Waals surface area contributed by atoms with Gasteiger partial charge in [0, 0.05) is 5.41 Å². The van der Waals surface area contributed by atoms with Crippen molar-refractivity contribution in [2.75, 3.05) is 33.0 Å². The smallest absolute Gasteiger partial charge is 0.0662 e. The van der Waals surface area contributed by atoms with Gasteiger partial charge in [-0.1, -0.05) is 6.92 Å². The molecule has 0 aromatic carbocycles. The van der Waals surface area contributed by atoms with Gasteiger partial charge in [-0.15, -0.1) is 13.2 Å². The molecule has 0 fully saturated rings. The number of hydrogen-bond acceptors (Lipinski definition) is 5. The maximum absolute atomic E-state index is 8.66. The Balaban J connectivity index is -0.000000202. The minimum atomic E-state index is -0.667. The van der Waals surface area contributed by atoms with Crippen LogP contribution in [0.25, 0.3) is 0 Å². The van der Waals surface area contributed by atoms with E-state index in [1.165, 1.54) is 0 Å². The van der Waals surface area contributed by atoms with Crippen molar-refractivity contribution in [3.05, 3.63) is 13.2 Å². The Kier molecular flexibility index (Phi) is 21.3. The van der Waals surface area contributed by atoms with Crippen LogP contribution >= 0.6 is 0 Å². The summed E-state index contributed by atoms with van der Waals surface area (Å²) < 4.78 is 0. The molecule has 0 rings (SSSR count). The molecule has 0 aliphatic carbocycles. The van der Waals surface area contributed by atoms with E-state index in [0.29, 0.717) is 6.42 Å². The topological polar surface area (TPSA) is 101 Å². The van der Waals surface area contributed by atoms with Crippen LogP contribution in [0, 0.1) is 5.41 Å². The highest BCUT2D eigenvalue weighted by atomic mass is 16.3. The van der Waals surface area contributed by atoms with Crippen molar-refractivity contribution in [1.82, 2.24) is 0 Å². The van der Waals surface area contributed by atoms with Gasteiger partial charge in [-0.25, -0.2) is 0 Å². The first-order valence-corrected chi connectivity index (χ1v) is 4.70. The highest BCUT2D eigenvalue weighted by Gasteiger charge is 2.24. The van der Waals surface area contributed by atoms with Crippen molar-refractivity contribution in [3.8, 4) is 0 Å². The Morgan fingerprint density at radius 1 is 0.800 bits per heavy atom. The number of aliphatic hydroxyl groups is 5. The molecule has 0 spiro atoms. The zero-order valence-corrected chi connectivity index (χ0v) is 9.39. The molecule has 5 nitrogen and oxygen atoms in total. The van der Waals surface area contributed by atoms with Crippen molar-refractivity contribution in [1.29, 1.82) is 0 Å². The SMILES string of the molecule is C=C.CCC(CO)(CO)CO.OCCO. The molecule has 0 radical (unpaired) electrons. The fraction of sp³-hybridized carbons (Fsp3) is 0.800. The second-order valence-electron chi connectivity index (χ2n) is 2.78. The van der Waals surface area contributed by atoms with Crippen LogP contribution in [-0.2, 0) is 0 Å². The second-order valence-corrected chi connectivity index (χ2v) is 2.78. The van der Waals surface area contributed by atoms with Gasteiger partial charge in [-0.2, -0.15) is 0 Å². The van der Waals surface area contributed by atoms with E-state index in [1.807, 2.05) is 6.92 Å². The zero-order valence-electron chi connectivity index (χ0n) is 9.39. The summed E-state index contributed by atoms with van der Waals surface area (Å²) in [7, 11) is 0. The molecule has 0 saturated heterocycles. The van der Waals surface area contributed by atoms with E-state index in [-0.39, 0.29) is 33.0 Å². The lowest BCUT2D eigenvalue weighted by molar-refractivity contribution is 0.00304. The van der Waals surface area contributed by atoms with Crippen LogP contribution in [0.2, 0.25) is 0 Å². The van der Waals surface area contributed by atoms with Crippen LogP contribution in [0.3, 0.4) is 0 Å². The van der Waals surface area contributed by atoms with Gasteiger partial charge in [-0.3, -0.25) is 0 Å². The van der Waals surface area contributed by atoms with E-state index < -0.39 is 5.41 Å². The van der Waals surface area contributed by atoms with Gasteiger partial charge in [0.15, 0.2) is 0 Å². The van der Waals surface area contributed by atoms with Gasteiger partial charge in [0.05, 0.1) is 33.0 Å². The van der Waals surface area contributed by atoms with Crippen LogP contribution in [-0.4, -0.2) is 58.6 Å². The molecule has 15 heavy (non-hydrogen) atoms. The molecule has 0 aromatic rings. The maximum atomic E-state index is 8.66. The number of hydrogen-bond donors (Lipinski definition) is 5. The summed E-state index contributed by atoms with van der Waals surface area (Å²) in [5.74, 6) is 0. The monoisotopic (exact) mass is 224 g/mol. The first kappa shape index (κ1) is 20.0. The minimum Gasteiger partial charge on any atom is -0.396 e. The summed E-state index contributed by atoms with van der Waals surface area (Å²) in [6, 6.07) is 0. The van der Waals surface area contributed by atoms with Crippen molar-refractivity contribution in [3.63, 3.8) is 0 Å². The van der Waals surface area contributed by atoms with Crippen LogP contribution < -0.4 is 0 Å². The molecule has 94 valence electrons. The fourth-order valence-electron chi connectivity index (χ4n) is 0.485. The zero-order chi connectivity index (χ0) is 12.7. The average molecular weight is 224 g/mol. The molecule has 0 atom stereocenters. The standard InChI is InChI=1S/C6H14O3.C2H6O2.C2H4/c1-2-6(3-7,4-8)5-9;3-1-2-4;1-2/h7-9H,2-5H2,1H3;3-4H,1-2H2;1-2H2. The van der Waals surface area contributed by atoms with E-state index in [0.717, 1.165) is 0 Å². The van der Waals surface area contributed by atoms with E-state index in [2.05, 4.69) is 13.2 Å². The summed E-state index contributed by atoms with van der Waals surface area (Å²) in [4.78, 5) is 0. The van der Waals surface area contributed by atoms with Gasteiger partial charge in [0.25, 0.3) is 0 Å². The lowest BCUT2D eigenvalue weighted by Gasteiger charge is -2.24. The van der Waals surface area contributed by atoms with Crippen molar-refractivity contribution < 1.29 is 25.5 Å². The minimum absolute atomic E-state index is 0.125. The van der Waals surface area contributed by atoms with E-state index in [9.17, 15) is 0 Å². The van der Waals surface area contributed by atoms with Crippen molar-refractivity contribution >= 4 is 0 Å². The fourth-order valence-corrected chi connectivity index (χ4v) is 0.485. The quantitative estimate of drug-likeness (QED) is 0.391. The van der Waals surface area contributed by atoms with Crippen molar-refractivity contribution in [2.24, 2.45) is 5.41 Å². The Morgan fingerprint density at radius 3 is 1.07 bits per heavy atom. The molecule has 0 amide bonds. The maximum Gasteiger partial charge on any atom is 0.0662 e. The van der Waals surface area contributed by atoms with Gasteiger partial charge in [0.2, 0.25) is 0 Å². The van der Waals surface area contributed by atoms with Crippen LogP contribution in [0.4, 0.5) is 0 Å². The summed E-state index contributed by atoms with van der Waals surface area (Å²) in [6.45, 7) is 7.10. The predicted molar refractivity (Wildman–Crippen MR) is 59.4 cm³/mol. The third kappa shape index (κ3) is 11.5. The van der Waals surface area contributed by atoms with Crippen molar-refractivity contribution in [2.45, 2.75) is 13.3 Å². The van der Waals surface area contributed by atoms with Gasteiger partial charge >= 0.3 is 0 Å². The van der Waals surface area contributed by atoms with E-state index in [1.54, 1.807) is 0 Å². The van der Waals surface area contributed by atoms with E-state index in [4.69, 9.17) is 25.5 Å². The van der Waals surface area contributed by atoms with Gasteiger partial charge < -0.3 is 25.5 Å². The Bertz CT molecular complexity index is 84.5. The molecule has 0 aliphatic rings. The highest BCUT2D eigenvalue weighted by molar-refractivity contribution is 4.74. The molecule has 0 aromatic heterocycles. The van der Waals surface area contributed by atoms with Crippen LogP contribution in [0.5, 0.6) is 0 Å². The van der Waals surface area contributed by atoms with Gasteiger partial charge in [-0.05, 0) is 6.42 Å². The third-order valence-corrected chi connectivity index (χ3v) is 1.86. The molecular weight excluding hydrogens is 200 g/mol. The molecular formula is C10H24O5. The summed E-state index contributed by atoms with van der Waals surface area (Å²) in [5, 5.41) is 41.2. The predicted octanol–water partition coefficient (Wildman–Crippen LogP) is -0.867. The Hall–Kier alpha value is -0.460. The summed E-state index contributed by atoms with van der Waals surface area (Å²) in [6.07, 6.45) is 0.594. The highest BCUT2D eigenvalue weighted by Crippen LogP contribution is 2.18. The van der Waals surface area contributed by atoms with Gasteiger partial charge in [0.1, 0.15) is 0 Å². The molecule has 5 N–H and O–H groups in total. The largest absolute Gasteiger partial charge is 0.396 e. The molecule has 0 saturated carbocycles. The first-order chi connectivity index (χ1) is 7.16. The number of rotatable bonds is 5. The third-order valence-electron chi connectivity index (χ3n) is 1.86. The molecule has 5 heteroatoms. The van der Waals surface area contributed by atoms with Crippen LogP contribution in [0.15, 0.2) is 13.2 Å².